The highest BCUT2D eigenvalue weighted by molar-refractivity contribution is 5.81. The molecular formula is C12H13F3N4O3. The Balaban J connectivity index is 2.04. The number of hydrogen-bond acceptors (Lipinski definition) is 5. The Morgan fingerprint density at radius 3 is 2.50 bits per heavy atom. The number of aromatic nitrogens is 1. The number of halogens is 3. The van der Waals surface area contributed by atoms with Crippen LogP contribution in [0.4, 0.5) is 24.7 Å². The van der Waals surface area contributed by atoms with E-state index in [4.69, 9.17) is 0 Å². The van der Waals surface area contributed by atoms with Gasteiger partial charge < -0.3 is 9.80 Å². The molecule has 0 spiro atoms. The molecule has 7 nitrogen and oxygen atoms in total. The lowest BCUT2D eigenvalue weighted by molar-refractivity contribution is -0.385. The number of amides is 1. The van der Waals surface area contributed by atoms with Crippen molar-refractivity contribution in [3.8, 4) is 0 Å². The third-order valence-electron chi connectivity index (χ3n) is 3.29. The molecule has 1 amide bonds. The first-order chi connectivity index (χ1) is 10.3. The van der Waals surface area contributed by atoms with Crippen molar-refractivity contribution in [1.29, 1.82) is 0 Å². The number of nitro groups is 1. The third-order valence-corrected chi connectivity index (χ3v) is 3.29. The van der Waals surface area contributed by atoms with Gasteiger partial charge in [0.15, 0.2) is 0 Å². The lowest BCUT2D eigenvalue weighted by Crippen LogP contribution is -2.43. The molecule has 1 fully saturated rings. The summed E-state index contributed by atoms with van der Waals surface area (Å²) in [5, 5.41) is 10.6. The summed E-state index contributed by atoms with van der Waals surface area (Å²) in [7, 11) is 0. The quantitative estimate of drug-likeness (QED) is 0.611. The smallest absolute Gasteiger partial charge is 0.355 e. The highest BCUT2D eigenvalue weighted by Gasteiger charge is 2.42. The first kappa shape index (κ1) is 16.0. The van der Waals surface area contributed by atoms with Gasteiger partial charge in [-0.1, -0.05) is 0 Å². The summed E-state index contributed by atoms with van der Waals surface area (Å²) >= 11 is 0. The summed E-state index contributed by atoms with van der Waals surface area (Å²) in [6.45, 7) is 0.553. The topological polar surface area (TPSA) is 79.6 Å². The number of hydrogen-bond donors (Lipinski definition) is 0. The Kier molecular flexibility index (Phi) is 4.48. The van der Waals surface area contributed by atoms with E-state index in [0.717, 1.165) is 11.1 Å². The van der Waals surface area contributed by atoms with Gasteiger partial charge in [-0.2, -0.15) is 13.2 Å². The molecule has 1 aromatic rings. The minimum atomic E-state index is -4.87. The molecule has 0 unspecified atom stereocenters. The van der Waals surface area contributed by atoms with Gasteiger partial charge >= 0.3 is 12.1 Å². The Bertz CT molecular complexity index is 562. The number of rotatable bonds is 2. The first-order valence-electron chi connectivity index (χ1n) is 6.50. The van der Waals surface area contributed by atoms with Crippen LogP contribution in [0.15, 0.2) is 18.3 Å². The molecule has 1 saturated heterocycles. The zero-order valence-corrected chi connectivity index (χ0v) is 11.4. The van der Waals surface area contributed by atoms with E-state index in [2.05, 4.69) is 4.98 Å². The van der Waals surface area contributed by atoms with Crippen molar-refractivity contribution in [2.24, 2.45) is 0 Å². The second-order valence-corrected chi connectivity index (χ2v) is 4.76. The molecule has 2 rings (SSSR count). The summed E-state index contributed by atoms with van der Waals surface area (Å²) in [5.41, 5.74) is -0.160. The van der Waals surface area contributed by atoms with Crippen LogP contribution in [0.1, 0.15) is 6.42 Å². The van der Waals surface area contributed by atoms with Gasteiger partial charge in [-0.15, -0.1) is 0 Å². The molecule has 1 aliphatic rings. The van der Waals surface area contributed by atoms with Gasteiger partial charge in [-0.25, -0.2) is 4.98 Å². The van der Waals surface area contributed by atoms with Crippen molar-refractivity contribution >= 4 is 17.4 Å². The Morgan fingerprint density at radius 1 is 1.23 bits per heavy atom. The van der Waals surface area contributed by atoms with Gasteiger partial charge in [0, 0.05) is 32.2 Å². The van der Waals surface area contributed by atoms with Crippen LogP contribution in [0.25, 0.3) is 0 Å². The molecule has 10 heteroatoms. The van der Waals surface area contributed by atoms with Crippen LogP contribution in [0, 0.1) is 10.1 Å². The maximum absolute atomic E-state index is 12.4. The van der Waals surface area contributed by atoms with E-state index < -0.39 is 17.0 Å². The van der Waals surface area contributed by atoms with Gasteiger partial charge in [0.05, 0.1) is 4.92 Å². The van der Waals surface area contributed by atoms with Gasteiger partial charge in [0.2, 0.25) is 0 Å². The molecule has 0 aliphatic carbocycles. The van der Waals surface area contributed by atoms with E-state index >= 15 is 0 Å². The van der Waals surface area contributed by atoms with E-state index in [1.807, 2.05) is 0 Å². The maximum atomic E-state index is 12.4. The number of nitrogens with zero attached hydrogens (tertiary/aromatic N) is 4. The van der Waals surface area contributed by atoms with Crippen molar-refractivity contribution in [2.75, 3.05) is 31.1 Å². The van der Waals surface area contributed by atoms with Crippen molar-refractivity contribution < 1.29 is 22.9 Å². The van der Waals surface area contributed by atoms with E-state index in [1.165, 1.54) is 12.1 Å². The molecule has 120 valence electrons. The lowest BCUT2D eigenvalue weighted by Gasteiger charge is -2.23. The summed E-state index contributed by atoms with van der Waals surface area (Å²) in [5.74, 6) is -1.40. The molecule has 0 bridgehead atoms. The summed E-state index contributed by atoms with van der Waals surface area (Å²) in [6, 6.07) is 2.73. The predicted octanol–water partition coefficient (Wildman–Crippen LogP) is 1.59. The number of carbonyl (C=O) groups excluding carboxylic acids is 1. The number of alkyl halides is 3. The van der Waals surface area contributed by atoms with Crippen molar-refractivity contribution in [1.82, 2.24) is 9.88 Å². The van der Waals surface area contributed by atoms with Crippen LogP contribution in [-0.4, -0.2) is 53.1 Å². The van der Waals surface area contributed by atoms with Crippen LogP contribution >= 0.6 is 0 Å². The third kappa shape index (κ3) is 3.62. The van der Waals surface area contributed by atoms with Crippen molar-refractivity contribution in [3.05, 3.63) is 28.4 Å². The normalized spacial score (nSPS) is 16.3. The minimum absolute atomic E-state index is 0.0157. The summed E-state index contributed by atoms with van der Waals surface area (Å²) in [6.07, 6.45) is -3.42. The van der Waals surface area contributed by atoms with Crippen LogP contribution in [0.3, 0.4) is 0 Å². The van der Waals surface area contributed by atoms with E-state index in [1.54, 1.807) is 4.90 Å². The highest BCUT2D eigenvalue weighted by Crippen LogP contribution is 2.21. The average Bonchev–Trinajstić information content (AvgIpc) is 2.71. The first-order valence-corrected chi connectivity index (χ1v) is 6.50. The lowest BCUT2D eigenvalue weighted by atomic mass is 10.3. The molecule has 0 saturated carbocycles. The van der Waals surface area contributed by atoms with Crippen LogP contribution in [-0.2, 0) is 4.79 Å². The largest absolute Gasteiger partial charge is 0.471 e. The highest BCUT2D eigenvalue weighted by atomic mass is 19.4. The van der Waals surface area contributed by atoms with E-state index in [9.17, 15) is 28.1 Å². The molecule has 1 aromatic heterocycles. The van der Waals surface area contributed by atoms with Crippen LogP contribution < -0.4 is 4.90 Å². The molecule has 0 atom stereocenters. The average molecular weight is 318 g/mol. The second-order valence-electron chi connectivity index (χ2n) is 4.76. The molecule has 0 N–H and O–H groups in total. The minimum Gasteiger partial charge on any atom is -0.355 e. The zero-order valence-electron chi connectivity index (χ0n) is 11.4. The Hall–Kier alpha value is -2.39. The summed E-state index contributed by atoms with van der Waals surface area (Å²) < 4.78 is 37.3. The predicted molar refractivity (Wildman–Crippen MR) is 70.4 cm³/mol. The number of anilines is 1. The Morgan fingerprint density at radius 2 is 1.95 bits per heavy atom. The Labute approximate surface area is 123 Å². The van der Waals surface area contributed by atoms with Crippen molar-refractivity contribution in [3.63, 3.8) is 0 Å². The van der Waals surface area contributed by atoms with E-state index in [-0.39, 0.29) is 25.3 Å². The molecule has 1 aliphatic heterocycles. The molecule has 0 radical (unpaired) electrons. The fourth-order valence-electron chi connectivity index (χ4n) is 2.20. The zero-order chi connectivity index (χ0) is 16.3. The monoisotopic (exact) mass is 318 g/mol. The maximum Gasteiger partial charge on any atom is 0.471 e. The molecular weight excluding hydrogens is 305 g/mol. The van der Waals surface area contributed by atoms with Crippen molar-refractivity contribution in [2.45, 2.75) is 12.6 Å². The van der Waals surface area contributed by atoms with Gasteiger partial charge in [-0.3, -0.25) is 14.9 Å². The van der Waals surface area contributed by atoms with Gasteiger partial charge in [0.1, 0.15) is 12.0 Å². The fourth-order valence-corrected chi connectivity index (χ4v) is 2.20. The second kappa shape index (κ2) is 6.16. The number of carbonyl (C=O) groups is 1. The fraction of sp³-hybridized carbons (Fsp3) is 0.500. The van der Waals surface area contributed by atoms with Crippen LogP contribution in [0.2, 0.25) is 0 Å². The SMILES string of the molecule is O=C(N1CCCN(c2ccc([N+](=O)[O-])cn2)CC1)C(F)(F)F. The van der Waals surface area contributed by atoms with Crippen LogP contribution in [0.5, 0.6) is 0 Å². The summed E-state index contributed by atoms with van der Waals surface area (Å²) in [4.78, 5) is 27.6. The standard InChI is InChI=1S/C12H13F3N4O3/c13-12(14,15)11(20)18-5-1-4-17(6-7-18)10-3-2-9(8-16-10)19(21)22/h2-3,8H,1,4-7H2. The van der Waals surface area contributed by atoms with E-state index in [0.29, 0.717) is 18.8 Å². The van der Waals surface area contributed by atoms with Gasteiger partial charge in [-0.05, 0) is 12.5 Å². The number of pyridine rings is 1. The van der Waals surface area contributed by atoms with Gasteiger partial charge in [0.25, 0.3) is 5.69 Å². The molecule has 22 heavy (non-hydrogen) atoms. The molecule has 2 heterocycles. The molecule has 0 aromatic carbocycles.